The van der Waals surface area contributed by atoms with Crippen molar-refractivity contribution in [3.05, 3.63) is 60.7 Å². The molecule has 71 valence electrons. The zero-order chi connectivity index (χ0) is 9.80. The summed E-state index contributed by atoms with van der Waals surface area (Å²) >= 11 is 0. The van der Waals surface area contributed by atoms with Gasteiger partial charge in [-0.25, -0.2) is 0 Å². The van der Waals surface area contributed by atoms with Crippen LogP contribution in [0.4, 0.5) is 0 Å². The summed E-state index contributed by atoms with van der Waals surface area (Å²) in [6, 6.07) is 9.50. The van der Waals surface area contributed by atoms with Gasteiger partial charge in [-0.1, -0.05) is 36.4 Å². The minimum atomic E-state index is -0.139. The van der Waals surface area contributed by atoms with Gasteiger partial charge in [0.2, 0.25) is 0 Å². The first-order valence-corrected chi connectivity index (χ1v) is 4.56. The fraction of sp³-hybridized carbons (Fsp3) is 0.0833. The van der Waals surface area contributed by atoms with Crippen molar-refractivity contribution in [3.8, 4) is 5.75 Å². The maximum atomic E-state index is 5.83. The lowest BCUT2D eigenvalue weighted by Gasteiger charge is -2.19. The third kappa shape index (κ3) is 2.03. The van der Waals surface area contributed by atoms with Gasteiger partial charge >= 0.3 is 0 Å². The molecule has 1 aromatic carbocycles. The first-order valence-electron chi connectivity index (χ1n) is 4.56. The second-order valence-corrected chi connectivity index (χ2v) is 3.09. The highest BCUT2D eigenvalue weighted by atomic mass is 16.5. The first kappa shape index (κ1) is 9.03. The Morgan fingerprint density at radius 2 is 1.86 bits per heavy atom. The summed E-state index contributed by atoms with van der Waals surface area (Å²) in [5.41, 5.74) is 5.83. The monoisotopic (exact) mass is 186 g/mol. The number of allylic oxidation sites excluding steroid dienone is 2. The van der Waals surface area contributed by atoms with Gasteiger partial charge in [0.05, 0.1) is 6.04 Å². The highest BCUT2D eigenvalue weighted by Crippen LogP contribution is 2.19. The average molecular weight is 186 g/mol. The molecule has 14 heavy (non-hydrogen) atoms. The number of hydrogen-bond acceptors (Lipinski definition) is 2. The van der Waals surface area contributed by atoms with Crippen molar-refractivity contribution in [1.82, 2.24) is 0 Å². The van der Waals surface area contributed by atoms with E-state index in [0.717, 1.165) is 11.9 Å². The molecular weight excluding hydrogens is 174 g/mol. The van der Waals surface area contributed by atoms with Gasteiger partial charge in [0.25, 0.3) is 0 Å². The molecule has 0 spiro atoms. The van der Waals surface area contributed by atoms with Crippen LogP contribution in [0, 0.1) is 6.10 Å². The van der Waals surface area contributed by atoms with Gasteiger partial charge in [0.15, 0.2) is 6.10 Å². The van der Waals surface area contributed by atoms with Crippen LogP contribution < -0.4 is 10.5 Å². The summed E-state index contributed by atoms with van der Waals surface area (Å²) in [6.07, 6.45) is 8.40. The van der Waals surface area contributed by atoms with Crippen LogP contribution >= 0.6 is 0 Å². The van der Waals surface area contributed by atoms with Crippen molar-refractivity contribution in [3.63, 3.8) is 0 Å². The Balaban J connectivity index is 2.05. The van der Waals surface area contributed by atoms with Crippen LogP contribution in [-0.4, -0.2) is 6.04 Å². The predicted molar refractivity (Wildman–Crippen MR) is 56.6 cm³/mol. The maximum Gasteiger partial charge on any atom is 0.191 e. The number of para-hydroxylation sites is 1. The zero-order valence-electron chi connectivity index (χ0n) is 7.76. The standard InChI is InChI=1S/C12H12NO/c13-11-8-4-5-9-12(11)14-10-6-2-1-3-7-10/h1-9,11H,13H2. The fourth-order valence-electron chi connectivity index (χ4n) is 1.27. The molecule has 0 saturated carbocycles. The Morgan fingerprint density at radius 3 is 2.57 bits per heavy atom. The molecule has 1 aliphatic carbocycles. The van der Waals surface area contributed by atoms with Crippen molar-refractivity contribution in [2.75, 3.05) is 0 Å². The predicted octanol–water partition coefficient (Wildman–Crippen LogP) is 2.05. The Hall–Kier alpha value is -1.54. The highest BCUT2D eigenvalue weighted by molar-refractivity contribution is 5.31. The molecule has 1 aliphatic rings. The second kappa shape index (κ2) is 4.11. The molecule has 0 bridgehead atoms. The summed E-state index contributed by atoms with van der Waals surface area (Å²) in [6.45, 7) is 0. The summed E-state index contributed by atoms with van der Waals surface area (Å²) < 4.78 is 5.62. The lowest BCUT2D eigenvalue weighted by atomic mass is 10.1. The fourth-order valence-corrected chi connectivity index (χ4v) is 1.27. The third-order valence-corrected chi connectivity index (χ3v) is 2.00. The third-order valence-electron chi connectivity index (χ3n) is 2.00. The van der Waals surface area contributed by atoms with Crippen molar-refractivity contribution in [2.24, 2.45) is 5.73 Å². The molecule has 1 atom stereocenters. The van der Waals surface area contributed by atoms with Crippen LogP contribution in [0.5, 0.6) is 5.75 Å². The molecule has 2 heteroatoms. The Morgan fingerprint density at radius 1 is 1.07 bits per heavy atom. The second-order valence-electron chi connectivity index (χ2n) is 3.09. The van der Waals surface area contributed by atoms with Crippen molar-refractivity contribution in [1.29, 1.82) is 0 Å². The van der Waals surface area contributed by atoms with Crippen molar-refractivity contribution in [2.45, 2.75) is 6.04 Å². The number of benzene rings is 1. The van der Waals surface area contributed by atoms with E-state index in [1.54, 1.807) is 0 Å². The summed E-state index contributed by atoms with van der Waals surface area (Å²) in [5, 5.41) is 0. The molecule has 1 unspecified atom stereocenters. The molecule has 0 amide bonds. The number of ether oxygens (including phenoxy) is 1. The van der Waals surface area contributed by atoms with Crippen molar-refractivity contribution >= 4 is 0 Å². The average Bonchev–Trinajstić information content (AvgIpc) is 2.23. The minimum absolute atomic E-state index is 0.139. The molecule has 2 N–H and O–H groups in total. The van der Waals surface area contributed by atoms with E-state index in [0.29, 0.717) is 0 Å². The van der Waals surface area contributed by atoms with Crippen LogP contribution in [0.1, 0.15) is 0 Å². The number of nitrogens with two attached hydrogens (primary N) is 1. The Kier molecular flexibility index (Phi) is 2.65. The topological polar surface area (TPSA) is 35.2 Å². The van der Waals surface area contributed by atoms with E-state index in [1.165, 1.54) is 0 Å². The molecule has 0 aromatic heterocycles. The first-order chi connectivity index (χ1) is 6.86. The van der Waals surface area contributed by atoms with E-state index in [2.05, 4.69) is 0 Å². The normalized spacial score (nSPS) is 21.1. The van der Waals surface area contributed by atoms with E-state index in [-0.39, 0.29) is 6.04 Å². The number of hydrogen-bond donors (Lipinski definition) is 1. The number of rotatable bonds is 2. The highest BCUT2D eigenvalue weighted by Gasteiger charge is 2.17. The molecule has 0 aliphatic heterocycles. The molecule has 1 aromatic rings. The van der Waals surface area contributed by atoms with Gasteiger partial charge < -0.3 is 10.5 Å². The zero-order valence-corrected chi connectivity index (χ0v) is 7.76. The summed E-state index contributed by atoms with van der Waals surface area (Å²) in [7, 11) is 0. The van der Waals surface area contributed by atoms with Crippen LogP contribution in [0.25, 0.3) is 0 Å². The van der Waals surface area contributed by atoms with E-state index in [9.17, 15) is 0 Å². The molecule has 0 saturated heterocycles. The SMILES string of the molecule is NC1C=CC=C[C]1Oc1ccccc1. The van der Waals surface area contributed by atoms with Crippen LogP contribution in [0.15, 0.2) is 54.6 Å². The molecule has 1 radical (unpaired) electrons. The lowest BCUT2D eigenvalue weighted by molar-refractivity contribution is 0.334. The van der Waals surface area contributed by atoms with Gasteiger partial charge in [-0.15, -0.1) is 0 Å². The molecule has 2 nitrogen and oxygen atoms in total. The smallest absolute Gasteiger partial charge is 0.191 e. The molecular formula is C12H12NO. The van der Waals surface area contributed by atoms with Crippen LogP contribution in [0.2, 0.25) is 0 Å². The summed E-state index contributed by atoms with van der Waals surface area (Å²) in [5.74, 6) is 0.818. The Bertz CT molecular complexity index is 343. The van der Waals surface area contributed by atoms with Gasteiger partial charge in [0, 0.05) is 0 Å². The van der Waals surface area contributed by atoms with E-state index < -0.39 is 0 Å². The maximum absolute atomic E-state index is 5.83. The molecule has 0 fully saturated rings. The van der Waals surface area contributed by atoms with E-state index >= 15 is 0 Å². The van der Waals surface area contributed by atoms with Gasteiger partial charge in [-0.3, -0.25) is 0 Å². The summed E-state index contributed by atoms with van der Waals surface area (Å²) in [4.78, 5) is 0. The van der Waals surface area contributed by atoms with Gasteiger partial charge in [0.1, 0.15) is 5.75 Å². The van der Waals surface area contributed by atoms with Gasteiger partial charge in [-0.05, 0) is 18.2 Å². The molecule has 0 heterocycles. The van der Waals surface area contributed by atoms with Gasteiger partial charge in [-0.2, -0.15) is 0 Å². The van der Waals surface area contributed by atoms with Crippen LogP contribution in [0.3, 0.4) is 0 Å². The minimum Gasteiger partial charge on any atom is -0.477 e. The van der Waals surface area contributed by atoms with E-state index in [1.807, 2.05) is 54.6 Å². The largest absolute Gasteiger partial charge is 0.477 e. The Labute approximate surface area is 83.7 Å². The lowest BCUT2D eigenvalue weighted by Crippen LogP contribution is -2.29. The van der Waals surface area contributed by atoms with E-state index in [4.69, 9.17) is 10.5 Å². The quantitative estimate of drug-likeness (QED) is 0.767. The van der Waals surface area contributed by atoms with Crippen molar-refractivity contribution < 1.29 is 4.74 Å². The molecule has 2 rings (SSSR count). The van der Waals surface area contributed by atoms with Crippen LogP contribution in [-0.2, 0) is 0 Å².